The third kappa shape index (κ3) is 1.90. The normalized spacial score (nSPS) is 28.0. The van der Waals surface area contributed by atoms with E-state index in [1.807, 2.05) is 78.9 Å². The van der Waals surface area contributed by atoms with E-state index in [9.17, 15) is 14.9 Å². The SMILES string of the molecule is N#CC12c3ccccc3C(c3ccccc31)[C@H]1C(=O)N(Cc3ccccc3)C(=O)[C@H]12. The molecule has 2 atom stereocenters. The first kappa shape index (κ1) is 17.2. The van der Waals surface area contributed by atoms with E-state index >= 15 is 0 Å². The molecule has 3 aromatic carbocycles. The Kier molecular flexibility index (Phi) is 3.38. The molecule has 1 saturated heterocycles. The molecule has 0 unspecified atom stereocenters. The Labute approximate surface area is 174 Å². The molecular weight excluding hydrogens is 372 g/mol. The van der Waals surface area contributed by atoms with E-state index < -0.39 is 17.3 Å². The van der Waals surface area contributed by atoms with Crippen LogP contribution in [0.25, 0.3) is 0 Å². The highest BCUT2D eigenvalue weighted by Crippen LogP contribution is 2.63. The van der Waals surface area contributed by atoms with Gasteiger partial charge in [0.1, 0.15) is 5.41 Å². The summed E-state index contributed by atoms with van der Waals surface area (Å²) in [6, 6.07) is 27.7. The Morgan fingerprint density at radius 1 is 0.800 bits per heavy atom. The van der Waals surface area contributed by atoms with E-state index in [0.29, 0.717) is 0 Å². The molecule has 4 nitrogen and oxygen atoms in total. The maximum absolute atomic E-state index is 13.7. The van der Waals surface area contributed by atoms with Crippen molar-refractivity contribution in [3.8, 4) is 6.07 Å². The maximum atomic E-state index is 13.7. The number of imide groups is 1. The fourth-order valence-electron chi connectivity index (χ4n) is 5.94. The van der Waals surface area contributed by atoms with Gasteiger partial charge in [-0.15, -0.1) is 0 Å². The number of amides is 2. The minimum absolute atomic E-state index is 0.164. The molecule has 1 fully saturated rings. The van der Waals surface area contributed by atoms with E-state index in [1.165, 1.54) is 4.90 Å². The molecule has 4 aliphatic rings. The lowest BCUT2D eigenvalue weighted by molar-refractivity contribution is -0.140. The van der Waals surface area contributed by atoms with E-state index in [2.05, 4.69) is 6.07 Å². The molecule has 1 aliphatic heterocycles. The van der Waals surface area contributed by atoms with Crippen molar-refractivity contribution in [1.82, 2.24) is 4.90 Å². The number of nitrogens with zero attached hydrogens (tertiary/aromatic N) is 2. The average molecular weight is 390 g/mol. The molecule has 144 valence electrons. The lowest BCUT2D eigenvalue weighted by atomic mass is 9.48. The van der Waals surface area contributed by atoms with Crippen molar-refractivity contribution < 1.29 is 9.59 Å². The van der Waals surface area contributed by atoms with E-state index in [1.54, 1.807) is 0 Å². The topological polar surface area (TPSA) is 61.2 Å². The quantitative estimate of drug-likeness (QED) is 0.626. The van der Waals surface area contributed by atoms with Crippen molar-refractivity contribution in [3.05, 3.63) is 107 Å². The van der Waals surface area contributed by atoms with Gasteiger partial charge < -0.3 is 0 Å². The molecule has 3 aliphatic carbocycles. The lowest BCUT2D eigenvalue weighted by Gasteiger charge is -2.50. The van der Waals surface area contributed by atoms with Crippen LogP contribution in [-0.2, 0) is 21.5 Å². The second-order valence-corrected chi connectivity index (χ2v) is 8.32. The van der Waals surface area contributed by atoms with Gasteiger partial charge in [0, 0.05) is 5.92 Å². The van der Waals surface area contributed by atoms with E-state index in [-0.39, 0.29) is 24.3 Å². The summed E-state index contributed by atoms with van der Waals surface area (Å²) in [5.74, 6) is -1.82. The van der Waals surface area contributed by atoms with Crippen molar-refractivity contribution in [2.45, 2.75) is 17.9 Å². The molecular formula is C26H18N2O2. The van der Waals surface area contributed by atoms with Crippen molar-refractivity contribution in [1.29, 1.82) is 5.26 Å². The smallest absolute Gasteiger partial charge is 0.235 e. The van der Waals surface area contributed by atoms with Crippen LogP contribution in [0.4, 0.5) is 0 Å². The predicted molar refractivity (Wildman–Crippen MR) is 110 cm³/mol. The second-order valence-electron chi connectivity index (χ2n) is 8.32. The van der Waals surface area contributed by atoms with Gasteiger partial charge in [-0.3, -0.25) is 14.5 Å². The van der Waals surface area contributed by atoms with Crippen LogP contribution in [0, 0.1) is 23.2 Å². The summed E-state index contributed by atoms with van der Waals surface area (Å²) in [7, 11) is 0. The fourth-order valence-corrected chi connectivity index (χ4v) is 5.94. The van der Waals surface area contributed by atoms with E-state index in [4.69, 9.17) is 0 Å². The highest BCUT2D eigenvalue weighted by atomic mass is 16.2. The molecule has 2 bridgehead atoms. The van der Waals surface area contributed by atoms with Gasteiger partial charge in [-0.25, -0.2) is 0 Å². The number of likely N-dealkylation sites (tertiary alicyclic amines) is 1. The number of nitriles is 1. The molecule has 0 N–H and O–H groups in total. The van der Waals surface area contributed by atoms with Crippen LogP contribution in [0.5, 0.6) is 0 Å². The summed E-state index contributed by atoms with van der Waals surface area (Å²) in [6.07, 6.45) is 0. The zero-order chi connectivity index (χ0) is 20.5. The second kappa shape index (κ2) is 5.90. The number of carbonyl (C=O) groups is 2. The average Bonchev–Trinajstić information content (AvgIpc) is 3.05. The Morgan fingerprint density at radius 3 is 1.97 bits per heavy atom. The van der Waals surface area contributed by atoms with Crippen molar-refractivity contribution >= 4 is 11.8 Å². The van der Waals surface area contributed by atoms with Crippen LogP contribution in [0.1, 0.15) is 33.7 Å². The zero-order valence-corrected chi connectivity index (χ0v) is 16.2. The van der Waals surface area contributed by atoms with Gasteiger partial charge in [0.25, 0.3) is 0 Å². The molecule has 7 rings (SSSR count). The van der Waals surface area contributed by atoms with Gasteiger partial charge in [0.2, 0.25) is 11.8 Å². The summed E-state index contributed by atoms with van der Waals surface area (Å²) in [5.41, 5.74) is 3.53. The fraction of sp³-hybridized carbons (Fsp3) is 0.192. The minimum Gasteiger partial charge on any atom is -0.278 e. The van der Waals surface area contributed by atoms with Gasteiger partial charge >= 0.3 is 0 Å². The number of rotatable bonds is 2. The standard InChI is InChI=1S/C26H18N2O2/c27-15-26-19-12-6-4-10-17(19)21(18-11-5-7-13-20(18)26)22-23(26)25(30)28(24(22)29)14-16-8-2-1-3-9-16/h1-13,21-23H,14H2/t21?,22-,23+,26?/m1/s1. The van der Waals surface area contributed by atoms with Gasteiger partial charge in [0.15, 0.2) is 0 Å². The summed E-state index contributed by atoms with van der Waals surface area (Å²) >= 11 is 0. The number of benzene rings is 3. The van der Waals surface area contributed by atoms with Crippen molar-refractivity contribution in [3.63, 3.8) is 0 Å². The summed E-state index contributed by atoms with van der Waals surface area (Å²) in [6.45, 7) is 0.242. The van der Waals surface area contributed by atoms with Crippen LogP contribution < -0.4 is 0 Å². The van der Waals surface area contributed by atoms with Crippen LogP contribution in [0.3, 0.4) is 0 Å². The molecule has 30 heavy (non-hydrogen) atoms. The number of hydrogen-bond acceptors (Lipinski definition) is 3. The third-order valence-corrected chi connectivity index (χ3v) is 7.07. The Morgan fingerprint density at radius 2 is 1.37 bits per heavy atom. The van der Waals surface area contributed by atoms with Crippen LogP contribution in [0.2, 0.25) is 0 Å². The molecule has 0 saturated carbocycles. The van der Waals surface area contributed by atoms with E-state index in [0.717, 1.165) is 27.8 Å². The molecule has 2 amide bonds. The van der Waals surface area contributed by atoms with Crippen LogP contribution in [-0.4, -0.2) is 16.7 Å². The molecule has 0 radical (unpaired) electrons. The Bertz CT molecular complexity index is 1210. The first-order valence-corrected chi connectivity index (χ1v) is 10.2. The monoisotopic (exact) mass is 390 g/mol. The minimum atomic E-state index is -1.13. The van der Waals surface area contributed by atoms with Crippen molar-refractivity contribution in [2.24, 2.45) is 11.8 Å². The largest absolute Gasteiger partial charge is 0.278 e. The maximum Gasteiger partial charge on any atom is 0.235 e. The lowest BCUT2D eigenvalue weighted by Crippen LogP contribution is -2.52. The third-order valence-electron chi connectivity index (χ3n) is 7.07. The summed E-state index contributed by atoms with van der Waals surface area (Å²) in [5, 5.41) is 10.6. The molecule has 4 heteroatoms. The molecule has 0 aromatic heterocycles. The number of hydrogen-bond donors (Lipinski definition) is 0. The zero-order valence-electron chi connectivity index (χ0n) is 16.2. The van der Waals surface area contributed by atoms with Crippen LogP contribution >= 0.6 is 0 Å². The first-order chi connectivity index (χ1) is 14.7. The summed E-state index contributed by atoms with van der Waals surface area (Å²) in [4.78, 5) is 28.7. The molecule has 3 aromatic rings. The van der Waals surface area contributed by atoms with Gasteiger partial charge in [-0.1, -0.05) is 78.9 Å². The highest BCUT2D eigenvalue weighted by molar-refractivity contribution is 6.08. The molecule has 0 spiro atoms. The van der Waals surface area contributed by atoms with Gasteiger partial charge in [-0.05, 0) is 27.8 Å². The first-order valence-electron chi connectivity index (χ1n) is 10.2. The van der Waals surface area contributed by atoms with Crippen LogP contribution in [0.15, 0.2) is 78.9 Å². The van der Waals surface area contributed by atoms with Crippen molar-refractivity contribution in [2.75, 3.05) is 0 Å². The van der Waals surface area contributed by atoms with Gasteiger partial charge in [0.05, 0.1) is 24.4 Å². The predicted octanol–water partition coefficient (Wildman–Crippen LogP) is 3.76. The van der Waals surface area contributed by atoms with Gasteiger partial charge in [-0.2, -0.15) is 5.26 Å². The summed E-state index contributed by atoms with van der Waals surface area (Å²) < 4.78 is 0. The highest BCUT2D eigenvalue weighted by Gasteiger charge is 2.68. The Hall–Kier alpha value is -3.71. The Balaban J connectivity index is 1.58. The molecule has 1 heterocycles. The number of carbonyl (C=O) groups excluding carboxylic acids is 2.